The molecule has 0 saturated carbocycles. The number of hydrogen-bond acceptors (Lipinski definition) is 2. The third-order valence-corrected chi connectivity index (χ3v) is 5.61. The van der Waals surface area contributed by atoms with Crippen molar-refractivity contribution in [2.45, 2.75) is 13.8 Å². The fourth-order valence-corrected chi connectivity index (χ4v) is 4.04. The lowest BCUT2D eigenvalue weighted by Gasteiger charge is -2.09. The number of nitrogens with one attached hydrogen (secondary N) is 1. The van der Waals surface area contributed by atoms with Crippen LogP contribution in [-0.2, 0) is 0 Å². The van der Waals surface area contributed by atoms with Crippen molar-refractivity contribution in [3.8, 4) is 16.9 Å². The molecule has 0 radical (unpaired) electrons. The van der Waals surface area contributed by atoms with Crippen LogP contribution >= 0.6 is 0 Å². The van der Waals surface area contributed by atoms with Crippen LogP contribution in [0.4, 0.5) is 0 Å². The summed E-state index contributed by atoms with van der Waals surface area (Å²) in [6.45, 7) is 4.01. The monoisotopic (exact) mass is 391 g/mol. The molecule has 0 bridgehead atoms. The van der Waals surface area contributed by atoms with Crippen LogP contribution in [0.5, 0.6) is 0 Å². The summed E-state index contributed by atoms with van der Waals surface area (Å²) in [5, 5.41) is 2.27. The Morgan fingerprint density at radius 3 is 2.43 bits per heavy atom. The van der Waals surface area contributed by atoms with Crippen molar-refractivity contribution in [2.75, 3.05) is 0 Å². The number of benzene rings is 3. The molecule has 0 unspecified atom stereocenters. The number of imidazole rings is 1. The van der Waals surface area contributed by atoms with Gasteiger partial charge in [0.2, 0.25) is 0 Å². The van der Waals surface area contributed by atoms with E-state index in [0.29, 0.717) is 11.1 Å². The van der Waals surface area contributed by atoms with Gasteiger partial charge in [-0.05, 0) is 30.2 Å². The van der Waals surface area contributed by atoms with Crippen molar-refractivity contribution >= 4 is 16.6 Å². The van der Waals surface area contributed by atoms with Crippen molar-refractivity contribution in [1.82, 2.24) is 14.5 Å². The SMILES string of the molecule is Cc1ccc(C(=O)c2c(-c3cccc4ccccc34)cn(-c3cnc[nH]3)c2C)cc1. The average Bonchev–Trinajstić information content (AvgIpc) is 3.41. The summed E-state index contributed by atoms with van der Waals surface area (Å²) in [5.41, 5.74) is 5.38. The van der Waals surface area contributed by atoms with Gasteiger partial charge in [0.25, 0.3) is 0 Å². The highest BCUT2D eigenvalue weighted by Crippen LogP contribution is 2.35. The first-order valence-corrected chi connectivity index (χ1v) is 9.93. The van der Waals surface area contributed by atoms with Gasteiger partial charge in [-0.15, -0.1) is 0 Å². The smallest absolute Gasteiger partial charge is 0.195 e. The highest BCUT2D eigenvalue weighted by Gasteiger charge is 2.23. The molecule has 0 amide bonds. The lowest BCUT2D eigenvalue weighted by atomic mass is 9.93. The Morgan fingerprint density at radius 1 is 0.900 bits per heavy atom. The van der Waals surface area contributed by atoms with E-state index in [-0.39, 0.29) is 5.78 Å². The van der Waals surface area contributed by atoms with E-state index in [9.17, 15) is 4.79 Å². The van der Waals surface area contributed by atoms with Gasteiger partial charge in [-0.3, -0.25) is 4.79 Å². The fraction of sp³-hybridized carbons (Fsp3) is 0.0769. The number of carbonyl (C=O) groups excluding carboxylic acids is 1. The van der Waals surface area contributed by atoms with Crippen molar-refractivity contribution in [2.24, 2.45) is 0 Å². The standard InChI is InChI=1S/C26H21N3O/c1-17-10-12-20(13-11-17)26(30)25-18(2)29(24-14-27-16-28-24)15-23(25)22-9-5-7-19-6-3-4-8-21(19)22/h3-16H,1-2H3,(H,27,28). The Labute approximate surface area is 174 Å². The number of aromatic amines is 1. The number of aryl methyl sites for hydroxylation is 1. The first-order valence-electron chi connectivity index (χ1n) is 9.93. The van der Waals surface area contributed by atoms with Crippen LogP contribution in [0.25, 0.3) is 27.7 Å². The molecule has 2 aromatic heterocycles. The zero-order chi connectivity index (χ0) is 20.7. The summed E-state index contributed by atoms with van der Waals surface area (Å²) in [7, 11) is 0. The first-order chi connectivity index (χ1) is 14.6. The van der Waals surface area contributed by atoms with Gasteiger partial charge in [-0.2, -0.15) is 0 Å². The third kappa shape index (κ3) is 2.94. The zero-order valence-corrected chi connectivity index (χ0v) is 16.9. The van der Waals surface area contributed by atoms with Crippen molar-refractivity contribution < 1.29 is 4.79 Å². The van der Waals surface area contributed by atoms with Gasteiger partial charge in [-0.25, -0.2) is 4.98 Å². The fourth-order valence-electron chi connectivity index (χ4n) is 4.04. The van der Waals surface area contributed by atoms with E-state index < -0.39 is 0 Å². The number of H-pyrrole nitrogens is 1. The number of hydrogen-bond donors (Lipinski definition) is 1. The molecule has 3 aromatic carbocycles. The number of rotatable bonds is 4. The predicted molar refractivity (Wildman–Crippen MR) is 120 cm³/mol. The summed E-state index contributed by atoms with van der Waals surface area (Å²) in [5.74, 6) is 0.852. The molecule has 0 aliphatic heterocycles. The molecular weight excluding hydrogens is 370 g/mol. The van der Waals surface area contributed by atoms with E-state index in [1.807, 2.05) is 67.1 Å². The van der Waals surface area contributed by atoms with Gasteiger partial charge < -0.3 is 9.55 Å². The molecule has 0 spiro atoms. The zero-order valence-electron chi connectivity index (χ0n) is 16.9. The lowest BCUT2D eigenvalue weighted by Crippen LogP contribution is -2.05. The molecule has 5 rings (SSSR count). The summed E-state index contributed by atoms with van der Waals surface area (Å²) >= 11 is 0. The topological polar surface area (TPSA) is 50.7 Å². The van der Waals surface area contributed by atoms with Crippen LogP contribution in [-0.4, -0.2) is 20.3 Å². The minimum Gasteiger partial charge on any atom is -0.331 e. The molecule has 4 nitrogen and oxygen atoms in total. The minimum atomic E-state index is 0.0219. The van der Waals surface area contributed by atoms with Crippen LogP contribution < -0.4 is 0 Å². The third-order valence-electron chi connectivity index (χ3n) is 5.61. The van der Waals surface area contributed by atoms with Gasteiger partial charge in [0.05, 0.1) is 18.1 Å². The second-order valence-electron chi connectivity index (χ2n) is 7.53. The van der Waals surface area contributed by atoms with Crippen LogP contribution in [0, 0.1) is 13.8 Å². The van der Waals surface area contributed by atoms with E-state index in [1.165, 1.54) is 0 Å². The highest BCUT2D eigenvalue weighted by molar-refractivity contribution is 6.15. The summed E-state index contributed by atoms with van der Waals surface area (Å²) < 4.78 is 2.01. The van der Waals surface area contributed by atoms with E-state index in [0.717, 1.165) is 39.0 Å². The molecule has 0 aliphatic rings. The lowest BCUT2D eigenvalue weighted by molar-refractivity contribution is 0.103. The highest BCUT2D eigenvalue weighted by atomic mass is 16.1. The first kappa shape index (κ1) is 18.1. The van der Waals surface area contributed by atoms with E-state index in [2.05, 4.69) is 34.2 Å². The number of ketones is 1. The number of aromatic nitrogens is 3. The van der Waals surface area contributed by atoms with Gasteiger partial charge in [0, 0.05) is 23.0 Å². The maximum absolute atomic E-state index is 13.7. The predicted octanol–water partition coefficient (Wildman–Crippen LogP) is 5.87. The quantitative estimate of drug-likeness (QED) is 0.390. The molecular formula is C26H21N3O. The Hall–Kier alpha value is -3.92. The summed E-state index contributed by atoms with van der Waals surface area (Å²) in [6, 6.07) is 22.2. The Balaban J connectivity index is 1.78. The Morgan fingerprint density at radius 2 is 1.67 bits per heavy atom. The molecule has 146 valence electrons. The largest absolute Gasteiger partial charge is 0.331 e. The molecule has 5 aromatic rings. The van der Waals surface area contributed by atoms with E-state index in [1.54, 1.807) is 12.5 Å². The number of nitrogens with zero attached hydrogens (tertiary/aromatic N) is 2. The van der Waals surface area contributed by atoms with E-state index >= 15 is 0 Å². The van der Waals surface area contributed by atoms with Gasteiger partial charge in [0.15, 0.2) is 5.78 Å². The second kappa shape index (κ2) is 7.16. The second-order valence-corrected chi connectivity index (χ2v) is 7.53. The summed E-state index contributed by atoms with van der Waals surface area (Å²) in [6.07, 6.45) is 5.44. The summed E-state index contributed by atoms with van der Waals surface area (Å²) in [4.78, 5) is 21.0. The van der Waals surface area contributed by atoms with Gasteiger partial charge in [0.1, 0.15) is 5.82 Å². The molecule has 30 heavy (non-hydrogen) atoms. The van der Waals surface area contributed by atoms with Crippen LogP contribution in [0.1, 0.15) is 27.2 Å². The molecule has 2 heterocycles. The van der Waals surface area contributed by atoms with Crippen LogP contribution in [0.2, 0.25) is 0 Å². The van der Waals surface area contributed by atoms with Gasteiger partial charge in [-0.1, -0.05) is 72.3 Å². The normalized spacial score (nSPS) is 11.1. The molecule has 0 fully saturated rings. The molecule has 0 aliphatic carbocycles. The Kier molecular flexibility index (Phi) is 4.32. The Bertz CT molecular complexity index is 1350. The number of fused-ring (bicyclic) bond motifs is 1. The maximum atomic E-state index is 13.7. The molecule has 1 N–H and O–H groups in total. The van der Waals surface area contributed by atoms with Crippen molar-refractivity contribution in [3.05, 3.63) is 108 Å². The van der Waals surface area contributed by atoms with Crippen LogP contribution in [0.15, 0.2) is 85.5 Å². The van der Waals surface area contributed by atoms with Crippen molar-refractivity contribution in [1.29, 1.82) is 0 Å². The van der Waals surface area contributed by atoms with Gasteiger partial charge >= 0.3 is 0 Å². The number of carbonyl (C=O) groups is 1. The molecule has 4 heteroatoms. The minimum absolute atomic E-state index is 0.0219. The van der Waals surface area contributed by atoms with Crippen molar-refractivity contribution in [3.63, 3.8) is 0 Å². The molecule has 0 atom stereocenters. The maximum Gasteiger partial charge on any atom is 0.195 e. The molecule has 0 saturated heterocycles. The van der Waals surface area contributed by atoms with Crippen LogP contribution in [0.3, 0.4) is 0 Å². The van der Waals surface area contributed by atoms with E-state index in [4.69, 9.17) is 0 Å². The average molecular weight is 391 g/mol.